The van der Waals surface area contributed by atoms with Gasteiger partial charge in [-0.3, -0.25) is 19.2 Å². The summed E-state index contributed by atoms with van der Waals surface area (Å²) in [6.07, 6.45) is 2.11. The maximum absolute atomic E-state index is 13.8. The Balaban J connectivity index is 1.52. The van der Waals surface area contributed by atoms with Gasteiger partial charge in [-0.1, -0.05) is 45.0 Å². The van der Waals surface area contributed by atoms with Gasteiger partial charge in [-0.15, -0.1) is 11.3 Å². The maximum atomic E-state index is 13.8. The summed E-state index contributed by atoms with van der Waals surface area (Å²) in [5.41, 5.74) is 2.81. The molecule has 1 aromatic heterocycles. The van der Waals surface area contributed by atoms with E-state index in [9.17, 15) is 24.4 Å². The number of thiazole rings is 1. The first-order valence-electron chi connectivity index (χ1n) is 13.9. The van der Waals surface area contributed by atoms with E-state index in [1.54, 1.807) is 23.9 Å². The highest BCUT2D eigenvalue weighted by Crippen LogP contribution is 2.45. The molecule has 2 fully saturated rings. The number of hydrogen-bond donors (Lipinski definition) is 3. The van der Waals surface area contributed by atoms with Gasteiger partial charge >= 0.3 is 0 Å². The summed E-state index contributed by atoms with van der Waals surface area (Å²) in [5, 5.41) is 17.9. The Kier molecular flexibility index (Phi) is 8.83. The molecule has 4 rings (SSSR count). The molecule has 2 heterocycles. The molecule has 1 saturated heterocycles. The second-order valence-corrected chi connectivity index (χ2v) is 12.8. The zero-order chi connectivity index (χ0) is 29.9. The average molecular weight is 579 g/mol. The van der Waals surface area contributed by atoms with Crippen molar-refractivity contribution >= 4 is 35.0 Å². The van der Waals surface area contributed by atoms with Gasteiger partial charge in [-0.05, 0) is 49.1 Å². The van der Waals surface area contributed by atoms with Crippen LogP contribution in [0.3, 0.4) is 0 Å². The van der Waals surface area contributed by atoms with Crippen LogP contribution in [0.25, 0.3) is 10.4 Å². The van der Waals surface area contributed by atoms with Crippen molar-refractivity contribution in [1.82, 2.24) is 25.8 Å². The number of hydrogen-bond acceptors (Lipinski definition) is 7. The first-order chi connectivity index (χ1) is 19.4. The van der Waals surface area contributed by atoms with Crippen LogP contribution in [-0.4, -0.2) is 59.2 Å². The summed E-state index contributed by atoms with van der Waals surface area (Å²) in [7, 11) is 1.55. The van der Waals surface area contributed by atoms with Crippen LogP contribution in [0.5, 0.6) is 0 Å². The average Bonchev–Trinajstić information content (AvgIpc) is 3.37. The van der Waals surface area contributed by atoms with Gasteiger partial charge in [0.25, 0.3) is 0 Å². The molecule has 1 aliphatic carbocycles. The molecule has 3 atom stereocenters. The van der Waals surface area contributed by atoms with Gasteiger partial charge in [0.05, 0.1) is 34.6 Å². The molecule has 3 N–H and O–H groups in total. The van der Waals surface area contributed by atoms with Crippen molar-refractivity contribution in [3.8, 4) is 16.5 Å². The standard InChI is InChI=1S/C30H38N6O4S/c1-18-24(41-17-33-18)20-10-8-19(9-11-20)21(15-23(37)32-5)34-26(38)22-7-6-14-36(22)27(39)25(29(2,3)4)35-28(40)30(16-31)12-13-30/h8-11,17,21-22,25H,6-7,12-15H2,1-5H3,(H,32,37)(H,34,38)(H,35,40)/t21-,22-,25+/m0/s1. The summed E-state index contributed by atoms with van der Waals surface area (Å²) >= 11 is 1.55. The molecule has 41 heavy (non-hydrogen) atoms. The SMILES string of the molecule is CNC(=O)C[C@H](NC(=O)[C@@H]1CCCN1C(=O)[C@@H](NC(=O)C1(C#N)CC1)C(C)(C)C)c1ccc(-c2scnc2C)cc1. The summed E-state index contributed by atoms with van der Waals surface area (Å²) in [4.78, 5) is 59.6. The fourth-order valence-electron chi connectivity index (χ4n) is 5.15. The molecule has 11 heteroatoms. The topological polar surface area (TPSA) is 144 Å². The van der Waals surface area contributed by atoms with E-state index in [1.807, 2.05) is 52.0 Å². The highest BCUT2D eigenvalue weighted by Gasteiger charge is 2.53. The molecule has 0 unspecified atom stereocenters. The van der Waals surface area contributed by atoms with Crippen LogP contribution in [0, 0.1) is 29.1 Å². The molecule has 2 aliphatic rings. The van der Waals surface area contributed by atoms with Gasteiger partial charge in [-0.25, -0.2) is 4.98 Å². The van der Waals surface area contributed by atoms with Crippen molar-refractivity contribution < 1.29 is 19.2 Å². The van der Waals surface area contributed by atoms with Crippen molar-refractivity contribution in [3.05, 3.63) is 41.0 Å². The number of rotatable bonds is 9. The van der Waals surface area contributed by atoms with Crippen molar-refractivity contribution in [3.63, 3.8) is 0 Å². The van der Waals surface area contributed by atoms with Gasteiger partial charge in [0, 0.05) is 13.6 Å². The lowest BCUT2D eigenvalue weighted by Crippen LogP contribution is -2.58. The van der Waals surface area contributed by atoms with Gasteiger partial charge < -0.3 is 20.9 Å². The Morgan fingerprint density at radius 3 is 2.39 bits per heavy atom. The Labute approximate surface area is 244 Å². The van der Waals surface area contributed by atoms with Gasteiger partial charge in [0.15, 0.2) is 0 Å². The molecule has 0 spiro atoms. The number of aromatic nitrogens is 1. The second kappa shape index (κ2) is 12.0. The first kappa shape index (κ1) is 30.2. The maximum Gasteiger partial charge on any atom is 0.246 e. The largest absolute Gasteiger partial charge is 0.359 e. The van der Waals surface area contributed by atoms with E-state index in [0.29, 0.717) is 32.2 Å². The number of benzene rings is 1. The van der Waals surface area contributed by atoms with Gasteiger partial charge in [0.2, 0.25) is 23.6 Å². The molecular formula is C30H38N6O4S. The molecule has 10 nitrogen and oxygen atoms in total. The smallest absolute Gasteiger partial charge is 0.246 e. The van der Waals surface area contributed by atoms with Gasteiger partial charge in [0.1, 0.15) is 17.5 Å². The fraction of sp³-hybridized carbons (Fsp3) is 0.533. The molecule has 0 bridgehead atoms. The summed E-state index contributed by atoms with van der Waals surface area (Å²) < 4.78 is 0. The zero-order valence-electron chi connectivity index (χ0n) is 24.2. The third-order valence-electron chi connectivity index (χ3n) is 7.93. The van der Waals surface area contributed by atoms with E-state index >= 15 is 0 Å². The Bertz CT molecular complexity index is 1350. The number of nitrogens with zero attached hydrogens (tertiary/aromatic N) is 3. The second-order valence-electron chi connectivity index (χ2n) is 12.0. The van der Waals surface area contributed by atoms with E-state index in [4.69, 9.17) is 0 Å². The lowest BCUT2D eigenvalue weighted by atomic mass is 9.85. The van der Waals surface area contributed by atoms with Crippen LogP contribution in [0.1, 0.15) is 70.2 Å². The Morgan fingerprint density at radius 2 is 1.85 bits per heavy atom. The molecule has 1 aromatic carbocycles. The molecule has 0 radical (unpaired) electrons. The first-order valence-corrected chi connectivity index (χ1v) is 14.8. The van der Waals surface area contributed by atoms with Crippen molar-refractivity contribution in [2.24, 2.45) is 10.8 Å². The minimum atomic E-state index is -1.06. The zero-order valence-corrected chi connectivity index (χ0v) is 25.1. The molecule has 1 saturated carbocycles. The number of likely N-dealkylation sites (tertiary alicyclic amines) is 1. The quantitative estimate of drug-likeness (QED) is 0.417. The third kappa shape index (κ3) is 6.59. The molecular weight excluding hydrogens is 540 g/mol. The molecule has 1 aliphatic heterocycles. The van der Waals surface area contributed by atoms with E-state index in [2.05, 4.69) is 27.0 Å². The third-order valence-corrected chi connectivity index (χ3v) is 8.91. The van der Waals surface area contributed by atoms with E-state index < -0.39 is 34.9 Å². The lowest BCUT2D eigenvalue weighted by Gasteiger charge is -2.36. The normalized spacial score (nSPS) is 19.0. The van der Waals surface area contributed by atoms with Crippen molar-refractivity contribution in [2.75, 3.05) is 13.6 Å². The van der Waals surface area contributed by atoms with Crippen molar-refractivity contribution in [2.45, 2.75) is 77.9 Å². The lowest BCUT2D eigenvalue weighted by molar-refractivity contribution is -0.144. The monoisotopic (exact) mass is 578 g/mol. The number of aryl methyl sites for hydroxylation is 1. The molecule has 218 valence electrons. The Morgan fingerprint density at radius 1 is 1.17 bits per heavy atom. The minimum absolute atomic E-state index is 0.0404. The number of amides is 4. The highest BCUT2D eigenvalue weighted by molar-refractivity contribution is 7.13. The van der Waals surface area contributed by atoms with E-state index in [1.165, 1.54) is 4.90 Å². The Hall–Kier alpha value is -3.78. The van der Waals surface area contributed by atoms with Crippen LogP contribution < -0.4 is 16.0 Å². The summed E-state index contributed by atoms with van der Waals surface area (Å²) in [6, 6.07) is 7.56. The molecule has 4 amide bonds. The number of carbonyl (C=O) groups excluding carboxylic acids is 4. The number of nitrogens with one attached hydrogen (secondary N) is 3. The highest BCUT2D eigenvalue weighted by atomic mass is 32.1. The van der Waals surface area contributed by atoms with Crippen LogP contribution in [0.4, 0.5) is 0 Å². The summed E-state index contributed by atoms with van der Waals surface area (Å²) in [6.45, 7) is 7.88. The predicted molar refractivity (Wildman–Crippen MR) is 155 cm³/mol. The van der Waals surface area contributed by atoms with Crippen molar-refractivity contribution in [1.29, 1.82) is 5.26 Å². The van der Waals surface area contributed by atoms with Gasteiger partial charge in [-0.2, -0.15) is 5.26 Å². The van der Waals surface area contributed by atoms with Crippen LogP contribution in [-0.2, 0) is 19.2 Å². The summed E-state index contributed by atoms with van der Waals surface area (Å²) in [5.74, 6) is -1.35. The van der Waals surface area contributed by atoms with E-state index in [-0.39, 0.29) is 24.1 Å². The van der Waals surface area contributed by atoms with E-state index in [0.717, 1.165) is 21.7 Å². The van der Waals surface area contributed by atoms with Crippen LogP contribution >= 0.6 is 11.3 Å². The van der Waals surface area contributed by atoms with Crippen LogP contribution in [0.15, 0.2) is 29.8 Å². The number of nitriles is 1. The molecule has 2 aromatic rings. The fourth-order valence-corrected chi connectivity index (χ4v) is 5.97. The number of carbonyl (C=O) groups is 4. The predicted octanol–water partition coefficient (Wildman–Crippen LogP) is 3.24. The minimum Gasteiger partial charge on any atom is -0.359 e. The van der Waals surface area contributed by atoms with Crippen LogP contribution in [0.2, 0.25) is 0 Å².